The lowest BCUT2D eigenvalue weighted by atomic mass is 9.55. The van der Waals surface area contributed by atoms with E-state index in [9.17, 15) is 15.8 Å². The Balaban J connectivity index is 2.19. The Morgan fingerprint density at radius 1 is 1.17 bits per heavy atom. The van der Waals surface area contributed by atoms with Gasteiger partial charge in [-0.2, -0.15) is 15.8 Å². The Morgan fingerprint density at radius 2 is 1.83 bits per heavy atom. The number of ether oxygens (including phenoxy) is 1. The lowest BCUT2D eigenvalue weighted by molar-refractivity contribution is 0.354. The zero-order valence-electron chi connectivity index (χ0n) is 13.3. The molecule has 3 rings (SSSR count). The summed E-state index contributed by atoms with van der Waals surface area (Å²) in [6.45, 7) is 0. The normalized spacial score (nSPS) is 27.2. The maximum atomic E-state index is 9.81. The molecule has 0 spiro atoms. The van der Waals surface area contributed by atoms with Gasteiger partial charge in [-0.15, -0.1) is 0 Å². The molecule has 0 bridgehead atoms. The summed E-state index contributed by atoms with van der Waals surface area (Å²) in [5, 5.41) is 37.5. The first-order valence-electron chi connectivity index (χ1n) is 7.78. The van der Waals surface area contributed by atoms with Crippen LogP contribution in [0.15, 0.2) is 35.9 Å². The van der Waals surface area contributed by atoms with Crippen molar-refractivity contribution < 1.29 is 4.74 Å². The molecular formula is C19H16N4O. The molecule has 118 valence electrons. The Labute approximate surface area is 140 Å². The molecule has 0 heterocycles. The average Bonchev–Trinajstić information content (AvgIpc) is 3.09. The summed E-state index contributed by atoms with van der Waals surface area (Å²) in [6.07, 6.45) is 3.61. The highest BCUT2D eigenvalue weighted by Gasteiger charge is 2.57. The number of nitrogens with one attached hydrogen (secondary N) is 1. The van der Waals surface area contributed by atoms with Crippen LogP contribution in [0.5, 0.6) is 5.75 Å². The summed E-state index contributed by atoms with van der Waals surface area (Å²) in [4.78, 5) is 0. The highest BCUT2D eigenvalue weighted by atomic mass is 16.5. The van der Waals surface area contributed by atoms with E-state index < -0.39 is 17.3 Å². The van der Waals surface area contributed by atoms with E-state index in [1.807, 2.05) is 18.2 Å². The summed E-state index contributed by atoms with van der Waals surface area (Å²) in [5.74, 6) is -0.576. The topological polar surface area (TPSA) is 104 Å². The van der Waals surface area contributed by atoms with Crippen molar-refractivity contribution in [2.75, 3.05) is 7.11 Å². The largest absolute Gasteiger partial charge is 0.497 e. The van der Waals surface area contributed by atoms with E-state index in [-0.39, 0.29) is 11.6 Å². The highest BCUT2D eigenvalue weighted by Crippen LogP contribution is 2.55. The molecule has 1 aromatic carbocycles. The van der Waals surface area contributed by atoms with Crippen molar-refractivity contribution >= 4 is 5.71 Å². The molecule has 1 N–H and O–H groups in total. The van der Waals surface area contributed by atoms with Crippen LogP contribution in [0, 0.1) is 56.7 Å². The number of nitriles is 3. The second-order valence-corrected chi connectivity index (χ2v) is 6.15. The number of hydrogen-bond donors (Lipinski definition) is 1. The molecule has 1 saturated carbocycles. The Kier molecular flexibility index (Phi) is 3.84. The van der Waals surface area contributed by atoms with E-state index in [2.05, 4.69) is 18.2 Å². The SMILES string of the molecule is COc1ccc([C@H]2[C@H]3CCC=C3[C@@H](C#N)C(=N)C2(C#N)C#N)cc1. The lowest BCUT2D eigenvalue weighted by Gasteiger charge is -2.42. The zero-order chi connectivity index (χ0) is 17.3. The maximum absolute atomic E-state index is 9.81. The van der Waals surface area contributed by atoms with Gasteiger partial charge in [-0.3, -0.25) is 0 Å². The molecule has 2 aliphatic carbocycles. The van der Waals surface area contributed by atoms with Crippen LogP contribution >= 0.6 is 0 Å². The summed E-state index contributed by atoms with van der Waals surface area (Å²) in [5.41, 5.74) is 0.0175. The van der Waals surface area contributed by atoms with Crippen molar-refractivity contribution in [1.29, 1.82) is 21.2 Å². The first-order chi connectivity index (χ1) is 11.6. The number of fused-ring (bicyclic) bond motifs is 1. The van der Waals surface area contributed by atoms with Crippen molar-refractivity contribution in [3.63, 3.8) is 0 Å². The number of allylic oxidation sites excluding steroid dienone is 2. The van der Waals surface area contributed by atoms with E-state index in [0.717, 1.165) is 24.0 Å². The molecule has 5 heteroatoms. The van der Waals surface area contributed by atoms with Gasteiger partial charge < -0.3 is 10.1 Å². The molecule has 0 unspecified atom stereocenters. The van der Waals surface area contributed by atoms with Crippen LogP contribution in [-0.2, 0) is 0 Å². The number of hydrogen-bond acceptors (Lipinski definition) is 5. The van der Waals surface area contributed by atoms with Crippen molar-refractivity contribution in [3.05, 3.63) is 41.5 Å². The molecule has 3 atom stereocenters. The fraction of sp³-hybridized carbons (Fsp3) is 0.368. The van der Waals surface area contributed by atoms with Crippen molar-refractivity contribution in [3.8, 4) is 24.0 Å². The van der Waals surface area contributed by atoms with Gasteiger partial charge in [-0.1, -0.05) is 18.2 Å². The van der Waals surface area contributed by atoms with Gasteiger partial charge in [0.15, 0.2) is 5.41 Å². The lowest BCUT2D eigenvalue weighted by Crippen LogP contribution is -2.47. The minimum atomic E-state index is -1.61. The second kappa shape index (κ2) is 5.84. The number of nitrogens with zero attached hydrogens (tertiary/aromatic N) is 3. The maximum Gasteiger partial charge on any atom is 0.189 e. The number of benzene rings is 1. The van der Waals surface area contributed by atoms with Crippen molar-refractivity contribution in [2.24, 2.45) is 17.3 Å². The summed E-state index contributed by atoms with van der Waals surface area (Å²) < 4.78 is 5.18. The van der Waals surface area contributed by atoms with Crippen molar-refractivity contribution in [1.82, 2.24) is 0 Å². The fourth-order valence-electron chi connectivity index (χ4n) is 4.02. The van der Waals surface area contributed by atoms with Gasteiger partial charge in [0.05, 0.1) is 31.0 Å². The summed E-state index contributed by atoms with van der Waals surface area (Å²) in [6, 6.07) is 13.6. The average molecular weight is 316 g/mol. The molecular weight excluding hydrogens is 300 g/mol. The van der Waals surface area contributed by atoms with E-state index >= 15 is 0 Å². The first kappa shape index (κ1) is 15.8. The fourth-order valence-corrected chi connectivity index (χ4v) is 4.02. The van der Waals surface area contributed by atoms with E-state index in [0.29, 0.717) is 5.75 Å². The zero-order valence-corrected chi connectivity index (χ0v) is 13.3. The Bertz CT molecular complexity index is 818. The molecule has 24 heavy (non-hydrogen) atoms. The van der Waals surface area contributed by atoms with Gasteiger partial charge in [0.1, 0.15) is 11.7 Å². The van der Waals surface area contributed by atoms with Crippen LogP contribution in [0.1, 0.15) is 24.3 Å². The van der Waals surface area contributed by atoms with Crippen LogP contribution in [0.3, 0.4) is 0 Å². The van der Waals surface area contributed by atoms with Gasteiger partial charge in [-0.05, 0) is 42.0 Å². The minimum Gasteiger partial charge on any atom is -0.497 e. The molecule has 0 saturated heterocycles. The molecule has 1 aromatic rings. The quantitative estimate of drug-likeness (QED) is 0.845. The van der Waals surface area contributed by atoms with Gasteiger partial charge in [0.25, 0.3) is 0 Å². The van der Waals surface area contributed by atoms with Gasteiger partial charge >= 0.3 is 0 Å². The third-order valence-corrected chi connectivity index (χ3v) is 5.16. The van der Waals surface area contributed by atoms with Crippen LogP contribution in [0.4, 0.5) is 0 Å². The van der Waals surface area contributed by atoms with E-state index in [1.165, 1.54) is 0 Å². The molecule has 5 nitrogen and oxygen atoms in total. The predicted molar refractivity (Wildman–Crippen MR) is 87.0 cm³/mol. The standard InChI is InChI=1S/C19H16N4O/c1-24-13-7-5-12(6-8-13)17-15-4-2-3-14(15)16(9-20)18(23)19(17,10-21)11-22/h3,5-8,15-17,23H,2,4H2,1H3/t15-,16+,17-/m0/s1. The molecule has 0 aromatic heterocycles. The van der Waals surface area contributed by atoms with Crippen LogP contribution in [0.2, 0.25) is 0 Å². The third kappa shape index (κ3) is 2.01. The monoisotopic (exact) mass is 316 g/mol. The van der Waals surface area contributed by atoms with E-state index in [4.69, 9.17) is 10.1 Å². The van der Waals surface area contributed by atoms with Crippen LogP contribution in [-0.4, -0.2) is 12.8 Å². The smallest absolute Gasteiger partial charge is 0.189 e. The highest BCUT2D eigenvalue weighted by molar-refractivity contribution is 6.00. The number of rotatable bonds is 2. The molecule has 0 amide bonds. The summed E-state index contributed by atoms with van der Waals surface area (Å²) in [7, 11) is 1.58. The minimum absolute atomic E-state index is 0.0588. The van der Waals surface area contributed by atoms with Crippen molar-refractivity contribution in [2.45, 2.75) is 18.8 Å². The number of methoxy groups -OCH3 is 1. The van der Waals surface area contributed by atoms with E-state index in [1.54, 1.807) is 19.2 Å². The summed E-state index contributed by atoms with van der Waals surface area (Å²) >= 11 is 0. The van der Waals surface area contributed by atoms with Gasteiger partial charge in [0, 0.05) is 5.92 Å². The molecule has 0 radical (unpaired) electrons. The molecule has 0 aliphatic heterocycles. The molecule has 2 aliphatic rings. The van der Waals surface area contributed by atoms with Crippen LogP contribution < -0.4 is 4.74 Å². The Morgan fingerprint density at radius 3 is 2.38 bits per heavy atom. The second-order valence-electron chi connectivity index (χ2n) is 6.15. The predicted octanol–water partition coefficient (Wildman–Crippen LogP) is 3.32. The first-order valence-corrected chi connectivity index (χ1v) is 7.78. The molecule has 1 fully saturated rings. The third-order valence-electron chi connectivity index (χ3n) is 5.16. The van der Waals surface area contributed by atoms with Gasteiger partial charge in [0.2, 0.25) is 0 Å². The van der Waals surface area contributed by atoms with Gasteiger partial charge in [-0.25, -0.2) is 0 Å². The van der Waals surface area contributed by atoms with Crippen LogP contribution in [0.25, 0.3) is 0 Å². The Hall–Kier alpha value is -3.10.